The number of hydrogen-bond donors (Lipinski definition) is 1. The summed E-state index contributed by atoms with van der Waals surface area (Å²) in [5.41, 5.74) is 3.42. The number of carbonyl (C=O) groups excluding carboxylic acids is 2. The van der Waals surface area contributed by atoms with Crippen molar-refractivity contribution < 1.29 is 19.2 Å². The average Bonchev–Trinajstić information content (AvgIpc) is 2.93. The van der Waals surface area contributed by atoms with Crippen LogP contribution in [0, 0.1) is 10.1 Å². The fraction of sp³-hybridized carbons (Fsp3) is 0.286. The van der Waals surface area contributed by atoms with E-state index < -0.39 is 10.8 Å². The summed E-state index contributed by atoms with van der Waals surface area (Å²) in [6.45, 7) is 6.79. The first-order chi connectivity index (χ1) is 17.9. The van der Waals surface area contributed by atoms with Crippen molar-refractivity contribution in [2.75, 3.05) is 43.0 Å². The summed E-state index contributed by atoms with van der Waals surface area (Å²) in [5, 5.41) is 14.1. The van der Waals surface area contributed by atoms with Gasteiger partial charge in [0.1, 0.15) is 0 Å². The van der Waals surface area contributed by atoms with Crippen molar-refractivity contribution in [2.45, 2.75) is 20.3 Å². The second-order valence-electron chi connectivity index (χ2n) is 8.70. The maximum Gasteiger partial charge on any atom is 0.311 e. The van der Waals surface area contributed by atoms with Crippen LogP contribution >= 0.6 is 0 Å². The molecule has 0 radical (unpaired) electrons. The number of nitrogens with zero attached hydrogens (tertiary/aromatic N) is 3. The van der Waals surface area contributed by atoms with Crippen LogP contribution < -0.4 is 15.0 Å². The molecule has 37 heavy (non-hydrogen) atoms. The average molecular weight is 503 g/mol. The van der Waals surface area contributed by atoms with Gasteiger partial charge in [-0.3, -0.25) is 19.7 Å². The molecule has 9 heteroatoms. The molecule has 0 unspecified atom stereocenters. The molecule has 1 aliphatic heterocycles. The van der Waals surface area contributed by atoms with Crippen LogP contribution in [-0.2, 0) is 6.42 Å². The topological polar surface area (TPSA) is 105 Å². The number of anilines is 2. The number of rotatable bonds is 8. The standard InChI is InChI=1S/C28H30N4O5/c1-3-20-5-7-21(8-6-20)28(34)31-17-15-30(16-18-31)24-12-10-23(11-13-24)29-27(33)22-9-14-26(37-4-2)25(19-22)32(35)36/h5-14,19H,3-4,15-18H2,1-2H3,(H,29,33). The third-order valence-corrected chi connectivity index (χ3v) is 6.38. The van der Waals surface area contributed by atoms with Gasteiger partial charge in [-0.1, -0.05) is 19.1 Å². The van der Waals surface area contributed by atoms with Gasteiger partial charge in [0.2, 0.25) is 0 Å². The smallest absolute Gasteiger partial charge is 0.311 e. The van der Waals surface area contributed by atoms with Crippen LogP contribution in [0.15, 0.2) is 66.7 Å². The largest absolute Gasteiger partial charge is 0.487 e. The number of ether oxygens (including phenoxy) is 1. The predicted molar refractivity (Wildman–Crippen MR) is 143 cm³/mol. The van der Waals surface area contributed by atoms with E-state index in [4.69, 9.17) is 4.74 Å². The maximum atomic E-state index is 12.8. The summed E-state index contributed by atoms with van der Waals surface area (Å²) in [4.78, 5) is 40.4. The van der Waals surface area contributed by atoms with Crippen LogP contribution in [0.2, 0.25) is 0 Å². The Bertz CT molecular complexity index is 1270. The van der Waals surface area contributed by atoms with E-state index >= 15 is 0 Å². The molecule has 0 aromatic heterocycles. The minimum absolute atomic E-state index is 0.0508. The molecule has 0 saturated carbocycles. The maximum absolute atomic E-state index is 12.8. The molecule has 1 saturated heterocycles. The van der Waals surface area contributed by atoms with Crippen LogP contribution in [0.1, 0.15) is 40.1 Å². The Kier molecular flexibility index (Phi) is 8.02. The highest BCUT2D eigenvalue weighted by atomic mass is 16.6. The first-order valence-corrected chi connectivity index (χ1v) is 12.4. The molecule has 1 heterocycles. The normalized spacial score (nSPS) is 13.2. The molecule has 2 amide bonds. The van der Waals surface area contributed by atoms with Crippen molar-refractivity contribution in [3.8, 4) is 5.75 Å². The lowest BCUT2D eigenvalue weighted by Crippen LogP contribution is -2.48. The number of carbonyl (C=O) groups is 2. The molecule has 1 aliphatic rings. The summed E-state index contributed by atoms with van der Waals surface area (Å²) < 4.78 is 5.27. The summed E-state index contributed by atoms with van der Waals surface area (Å²) >= 11 is 0. The second kappa shape index (κ2) is 11.6. The van der Waals surface area contributed by atoms with Crippen molar-refractivity contribution in [2.24, 2.45) is 0 Å². The zero-order valence-electron chi connectivity index (χ0n) is 21.0. The third-order valence-electron chi connectivity index (χ3n) is 6.38. The van der Waals surface area contributed by atoms with E-state index in [-0.39, 0.29) is 29.5 Å². The number of benzene rings is 3. The first kappa shape index (κ1) is 25.7. The molecule has 0 aliphatic carbocycles. The Balaban J connectivity index is 1.34. The fourth-order valence-electron chi connectivity index (χ4n) is 4.27. The number of nitro groups is 1. The lowest BCUT2D eigenvalue weighted by molar-refractivity contribution is -0.385. The van der Waals surface area contributed by atoms with Gasteiger partial charge in [0.15, 0.2) is 5.75 Å². The summed E-state index contributed by atoms with van der Waals surface area (Å²) in [6.07, 6.45) is 0.944. The van der Waals surface area contributed by atoms with E-state index in [0.717, 1.165) is 12.1 Å². The molecule has 3 aromatic carbocycles. The van der Waals surface area contributed by atoms with Crippen molar-refractivity contribution in [1.29, 1.82) is 0 Å². The Hall–Kier alpha value is -4.40. The third kappa shape index (κ3) is 6.06. The number of amides is 2. The van der Waals surface area contributed by atoms with Crippen LogP contribution in [-0.4, -0.2) is 54.4 Å². The zero-order chi connectivity index (χ0) is 26.4. The van der Waals surface area contributed by atoms with Gasteiger partial charge in [0, 0.05) is 54.7 Å². The van der Waals surface area contributed by atoms with Gasteiger partial charge in [-0.25, -0.2) is 0 Å². The molecule has 0 bridgehead atoms. The lowest BCUT2D eigenvalue weighted by Gasteiger charge is -2.36. The van der Waals surface area contributed by atoms with Crippen molar-refractivity contribution in [3.05, 3.63) is 93.5 Å². The van der Waals surface area contributed by atoms with Crippen LogP contribution in [0.5, 0.6) is 5.75 Å². The van der Waals surface area contributed by atoms with E-state index in [2.05, 4.69) is 17.1 Å². The number of aryl methyl sites for hydroxylation is 1. The summed E-state index contributed by atoms with van der Waals surface area (Å²) in [5.74, 6) is -0.266. The van der Waals surface area contributed by atoms with E-state index in [0.29, 0.717) is 37.4 Å². The Morgan fingerprint density at radius 1 is 0.919 bits per heavy atom. The highest BCUT2D eigenvalue weighted by Crippen LogP contribution is 2.28. The van der Waals surface area contributed by atoms with Gasteiger partial charge in [-0.15, -0.1) is 0 Å². The van der Waals surface area contributed by atoms with Crippen LogP contribution in [0.3, 0.4) is 0 Å². The quantitative estimate of drug-likeness (QED) is 0.351. The fourth-order valence-corrected chi connectivity index (χ4v) is 4.27. The number of hydrogen-bond acceptors (Lipinski definition) is 6. The van der Waals surface area contributed by atoms with Gasteiger partial charge < -0.3 is 19.9 Å². The van der Waals surface area contributed by atoms with Crippen molar-refractivity contribution in [3.63, 3.8) is 0 Å². The molecule has 4 rings (SSSR count). The van der Waals surface area contributed by atoms with Gasteiger partial charge >= 0.3 is 5.69 Å². The highest BCUT2D eigenvalue weighted by molar-refractivity contribution is 6.05. The van der Waals surface area contributed by atoms with E-state index in [9.17, 15) is 19.7 Å². The Morgan fingerprint density at radius 2 is 1.57 bits per heavy atom. The van der Waals surface area contributed by atoms with Gasteiger partial charge in [-0.05, 0) is 67.4 Å². The van der Waals surface area contributed by atoms with Gasteiger partial charge in [0.05, 0.1) is 11.5 Å². The molecular weight excluding hydrogens is 472 g/mol. The van der Waals surface area contributed by atoms with E-state index in [1.165, 1.54) is 23.8 Å². The number of piperazine rings is 1. The molecule has 9 nitrogen and oxygen atoms in total. The van der Waals surface area contributed by atoms with Crippen molar-refractivity contribution >= 4 is 28.9 Å². The monoisotopic (exact) mass is 502 g/mol. The first-order valence-electron chi connectivity index (χ1n) is 12.4. The second-order valence-corrected chi connectivity index (χ2v) is 8.70. The molecule has 0 spiro atoms. The Labute approximate surface area is 215 Å². The highest BCUT2D eigenvalue weighted by Gasteiger charge is 2.23. The van der Waals surface area contributed by atoms with Crippen molar-refractivity contribution in [1.82, 2.24) is 4.90 Å². The minimum atomic E-state index is -0.564. The predicted octanol–water partition coefficient (Wildman–Crippen LogP) is 4.77. The lowest BCUT2D eigenvalue weighted by atomic mass is 10.1. The molecule has 1 fully saturated rings. The summed E-state index contributed by atoms with van der Waals surface area (Å²) in [6, 6.07) is 19.4. The molecule has 0 atom stereocenters. The van der Waals surface area contributed by atoms with Gasteiger partial charge in [-0.2, -0.15) is 0 Å². The van der Waals surface area contributed by atoms with E-state index in [1.54, 1.807) is 19.1 Å². The molecular formula is C28H30N4O5. The van der Waals surface area contributed by atoms with Crippen LogP contribution in [0.25, 0.3) is 0 Å². The summed E-state index contributed by atoms with van der Waals surface area (Å²) in [7, 11) is 0. The zero-order valence-corrected chi connectivity index (χ0v) is 21.0. The number of nitro benzene ring substituents is 1. The SMILES string of the molecule is CCOc1ccc(C(=O)Nc2ccc(N3CCN(C(=O)c4ccc(CC)cc4)CC3)cc2)cc1[N+](=O)[O-]. The van der Waals surface area contributed by atoms with E-state index in [1.807, 2.05) is 41.3 Å². The Morgan fingerprint density at radius 3 is 2.16 bits per heavy atom. The molecule has 1 N–H and O–H groups in total. The molecule has 3 aromatic rings. The van der Waals surface area contributed by atoms with Crippen LogP contribution in [0.4, 0.5) is 17.1 Å². The minimum Gasteiger partial charge on any atom is -0.487 e. The van der Waals surface area contributed by atoms with Gasteiger partial charge in [0.25, 0.3) is 11.8 Å². The number of nitrogens with one attached hydrogen (secondary N) is 1. The molecule has 192 valence electrons.